The third-order valence-corrected chi connectivity index (χ3v) is 3.99. The van der Waals surface area contributed by atoms with Gasteiger partial charge in [0.25, 0.3) is 0 Å². The second-order valence-corrected chi connectivity index (χ2v) is 6.02. The Labute approximate surface area is 153 Å². The molecule has 0 spiro atoms. The number of ether oxygens (including phenoxy) is 3. The van der Waals surface area contributed by atoms with Crippen LogP contribution in [0.5, 0.6) is 5.75 Å². The maximum absolute atomic E-state index is 12.8. The molecule has 146 valence electrons. The van der Waals surface area contributed by atoms with Crippen LogP contribution in [0, 0.1) is 5.82 Å². The lowest BCUT2D eigenvalue weighted by Crippen LogP contribution is -2.51. The molecule has 0 bridgehead atoms. The monoisotopic (exact) mass is 370 g/mol. The van der Waals surface area contributed by atoms with Gasteiger partial charge in [-0.15, -0.1) is 0 Å². The summed E-state index contributed by atoms with van der Waals surface area (Å²) in [4.78, 5) is 15.4. The highest BCUT2D eigenvalue weighted by molar-refractivity contribution is 5.67. The van der Waals surface area contributed by atoms with Crippen LogP contribution < -0.4 is 4.74 Å². The molecule has 0 radical (unpaired) electrons. The zero-order chi connectivity index (χ0) is 18.8. The van der Waals surface area contributed by atoms with E-state index in [2.05, 4.69) is 4.90 Å². The molecule has 1 aromatic rings. The molecule has 1 amide bonds. The Morgan fingerprint density at radius 1 is 1.19 bits per heavy atom. The van der Waals surface area contributed by atoms with E-state index < -0.39 is 6.10 Å². The number of rotatable bonds is 9. The van der Waals surface area contributed by atoms with Gasteiger partial charge in [0.2, 0.25) is 0 Å². The summed E-state index contributed by atoms with van der Waals surface area (Å²) in [6.45, 7) is 6.13. The number of carbonyl (C=O) groups is 1. The van der Waals surface area contributed by atoms with Gasteiger partial charge in [0.15, 0.2) is 0 Å². The van der Waals surface area contributed by atoms with Crippen LogP contribution in [0.1, 0.15) is 6.92 Å². The molecule has 0 aromatic heterocycles. The fourth-order valence-corrected chi connectivity index (χ4v) is 2.65. The van der Waals surface area contributed by atoms with Crippen LogP contribution in [-0.4, -0.2) is 86.3 Å². The Morgan fingerprint density at radius 2 is 1.88 bits per heavy atom. The Bertz CT molecular complexity index is 535. The van der Waals surface area contributed by atoms with Crippen molar-refractivity contribution in [3.05, 3.63) is 30.1 Å². The zero-order valence-corrected chi connectivity index (χ0v) is 15.1. The number of β-amino-alcohol motifs (C(OH)–C–C–N with tert-alkyl or cyclic N) is 1. The highest BCUT2D eigenvalue weighted by Crippen LogP contribution is 2.10. The Morgan fingerprint density at radius 3 is 2.54 bits per heavy atom. The summed E-state index contributed by atoms with van der Waals surface area (Å²) in [5.74, 6) is 0.273. The van der Waals surface area contributed by atoms with E-state index >= 15 is 0 Å². The van der Waals surface area contributed by atoms with E-state index in [4.69, 9.17) is 14.2 Å². The Kier molecular flexibility index (Phi) is 8.60. The number of hydrogen-bond acceptors (Lipinski definition) is 6. The number of carbonyl (C=O) groups excluding carboxylic acids is 1. The summed E-state index contributed by atoms with van der Waals surface area (Å²) in [5, 5.41) is 10.1. The van der Waals surface area contributed by atoms with Crippen molar-refractivity contribution in [2.75, 3.05) is 59.2 Å². The first-order valence-corrected chi connectivity index (χ1v) is 8.86. The van der Waals surface area contributed by atoms with Gasteiger partial charge < -0.3 is 24.2 Å². The molecule has 1 aliphatic heterocycles. The first-order chi connectivity index (χ1) is 12.6. The van der Waals surface area contributed by atoms with Crippen molar-refractivity contribution in [3.8, 4) is 5.75 Å². The van der Waals surface area contributed by atoms with Crippen molar-refractivity contribution >= 4 is 6.09 Å². The van der Waals surface area contributed by atoms with Crippen LogP contribution in [-0.2, 0) is 9.47 Å². The average Bonchev–Trinajstić information content (AvgIpc) is 2.64. The van der Waals surface area contributed by atoms with Gasteiger partial charge in [-0.1, -0.05) is 0 Å². The quantitative estimate of drug-likeness (QED) is 0.662. The summed E-state index contributed by atoms with van der Waals surface area (Å²) >= 11 is 0. The molecule has 1 aliphatic rings. The van der Waals surface area contributed by atoms with Gasteiger partial charge in [-0.25, -0.2) is 9.18 Å². The molecule has 1 fully saturated rings. The number of aliphatic hydroxyl groups excluding tert-OH is 1. The van der Waals surface area contributed by atoms with Gasteiger partial charge in [0.05, 0.1) is 25.9 Å². The minimum absolute atomic E-state index is 0.213. The van der Waals surface area contributed by atoms with Gasteiger partial charge in [0.1, 0.15) is 18.2 Å². The fraction of sp³-hybridized carbons (Fsp3) is 0.611. The molecule has 8 heteroatoms. The predicted octanol–water partition coefficient (Wildman–Crippen LogP) is 1.36. The van der Waals surface area contributed by atoms with Gasteiger partial charge >= 0.3 is 6.09 Å². The molecule has 1 saturated heterocycles. The van der Waals surface area contributed by atoms with E-state index in [1.165, 1.54) is 12.1 Å². The van der Waals surface area contributed by atoms with Crippen molar-refractivity contribution in [2.45, 2.75) is 13.0 Å². The minimum atomic E-state index is -0.602. The summed E-state index contributed by atoms with van der Waals surface area (Å²) in [6, 6.07) is 5.78. The topological polar surface area (TPSA) is 71.5 Å². The third kappa shape index (κ3) is 7.15. The number of hydrogen-bond donors (Lipinski definition) is 1. The second kappa shape index (κ2) is 10.9. The lowest BCUT2D eigenvalue weighted by molar-refractivity contribution is -0.0000982. The molecule has 1 N–H and O–H groups in total. The largest absolute Gasteiger partial charge is 0.491 e. The van der Waals surface area contributed by atoms with Crippen LogP contribution >= 0.6 is 0 Å². The van der Waals surface area contributed by atoms with E-state index in [9.17, 15) is 14.3 Å². The summed E-state index contributed by atoms with van der Waals surface area (Å²) in [6.07, 6.45) is -0.882. The fourth-order valence-electron chi connectivity index (χ4n) is 2.65. The van der Waals surface area contributed by atoms with Crippen LogP contribution in [0.3, 0.4) is 0 Å². The second-order valence-electron chi connectivity index (χ2n) is 6.02. The van der Waals surface area contributed by atoms with Gasteiger partial charge in [-0.2, -0.15) is 0 Å². The van der Waals surface area contributed by atoms with Crippen molar-refractivity contribution in [2.24, 2.45) is 0 Å². The van der Waals surface area contributed by atoms with Gasteiger partial charge in [-0.3, -0.25) is 4.90 Å². The van der Waals surface area contributed by atoms with Crippen LogP contribution in [0.25, 0.3) is 0 Å². The third-order valence-electron chi connectivity index (χ3n) is 3.99. The van der Waals surface area contributed by atoms with Crippen LogP contribution in [0.15, 0.2) is 24.3 Å². The lowest BCUT2D eigenvalue weighted by Gasteiger charge is -2.34. The minimum Gasteiger partial charge on any atom is -0.491 e. The Hall–Kier alpha value is -1.90. The molecule has 0 aliphatic carbocycles. The molecule has 26 heavy (non-hydrogen) atoms. The average molecular weight is 370 g/mol. The zero-order valence-electron chi connectivity index (χ0n) is 15.1. The normalized spacial score (nSPS) is 16.3. The summed E-state index contributed by atoms with van der Waals surface area (Å²) < 4.78 is 28.6. The molecule has 0 saturated carbocycles. The van der Waals surface area contributed by atoms with E-state index in [1.54, 1.807) is 24.0 Å². The standard InChI is InChI=1S/C18H27FN2O5/c1-2-25-18(23)21-9-7-20(8-10-21)13-16(22)14-24-11-12-26-17-5-3-15(19)4-6-17/h3-6,16,22H,2,7-14H2,1H3. The molecule has 1 heterocycles. The first-order valence-electron chi connectivity index (χ1n) is 8.86. The smallest absolute Gasteiger partial charge is 0.409 e. The molecule has 1 aromatic carbocycles. The van der Waals surface area contributed by atoms with Crippen molar-refractivity contribution < 1.29 is 28.5 Å². The number of halogens is 1. The highest BCUT2D eigenvalue weighted by atomic mass is 19.1. The number of nitrogens with zero attached hydrogens (tertiary/aromatic N) is 2. The van der Waals surface area contributed by atoms with E-state index in [0.29, 0.717) is 58.3 Å². The number of aliphatic hydroxyl groups is 1. The van der Waals surface area contributed by atoms with Crippen molar-refractivity contribution in [1.29, 1.82) is 0 Å². The van der Waals surface area contributed by atoms with Crippen molar-refractivity contribution in [3.63, 3.8) is 0 Å². The van der Waals surface area contributed by atoms with Gasteiger partial charge in [-0.05, 0) is 31.2 Å². The number of piperazine rings is 1. The lowest BCUT2D eigenvalue weighted by atomic mass is 10.3. The maximum atomic E-state index is 12.8. The first kappa shape index (κ1) is 20.4. The van der Waals surface area contributed by atoms with Crippen LogP contribution in [0.2, 0.25) is 0 Å². The number of benzene rings is 1. The Balaban J connectivity index is 1.53. The predicted molar refractivity (Wildman–Crippen MR) is 93.8 cm³/mol. The molecular weight excluding hydrogens is 343 g/mol. The van der Waals surface area contributed by atoms with Crippen molar-refractivity contribution in [1.82, 2.24) is 9.80 Å². The SMILES string of the molecule is CCOC(=O)N1CCN(CC(O)COCCOc2ccc(F)cc2)CC1. The summed E-state index contributed by atoms with van der Waals surface area (Å²) in [7, 11) is 0. The molecule has 1 unspecified atom stereocenters. The number of amides is 1. The van der Waals surface area contributed by atoms with E-state index in [0.717, 1.165) is 0 Å². The highest BCUT2D eigenvalue weighted by Gasteiger charge is 2.23. The maximum Gasteiger partial charge on any atom is 0.409 e. The molecular formula is C18H27FN2O5. The van der Waals surface area contributed by atoms with Crippen LogP contribution in [0.4, 0.5) is 9.18 Å². The molecule has 1 atom stereocenters. The molecule has 2 rings (SSSR count). The van der Waals surface area contributed by atoms with E-state index in [-0.39, 0.29) is 18.5 Å². The van der Waals surface area contributed by atoms with Gasteiger partial charge in [0, 0.05) is 32.7 Å². The summed E-state index contributed by atoms with van der Waals surface area (Å²) in [5.41, 5.74) is 0. The van der Waals surface area contributed by atoms with E-state index in [1.807, 2.05) is 0 Å². The molecule has 7 nitrogen and oxygen atoms in total.